The molecule has 2 aliphatic rings. The van der Waals surface area contributed by atoms with E-state index in [9.17, 15) is 4.79 Å². The fourth-order valence-electron chi connectivity index (χ4n) is 4.97. The number of rotatable bonds is 3. The van der Waals surface area contributed by atoms with Gasteiger partial charge >= 0.3 is 5.97 Å². The van der Waals surface area contributed by atoms with E-state index in [1.54, 1.807) is 13.3 Å². The SMILES string of the molecule is COc1ccc(-c2ncc3[nH]c([C@H]4CC[C@@]5(CC4)OC(=O)c4ccccc45)nc3n2)cc1. The van der Waals surface area contributed by atoms with Gasteiger partial charge in [0.1, 0.15) is 22.7 Å². The Balaban J connectivity index is 1.24. The summed E-state index contributed by atoms with van der Waals surface area (Å²) in [7, 11) is 1.64. The predicted molar refractivity (Wildman–Crippen MR) is 118 cm³/mol. The van der Waals surface area contributed by atoms with E-state index in [1.165, 1.54) is 0 Å². The van der Waals surface area contributed by atoms with Crippen LogP contribution in [0.4, 0.5) is 0 Å². The van der Waals surface area contributed by atoms with Crippen molar-refractivity contribution in [3.63, 3.8) is 0 Å². The van der Waals surface area contributed by atoms with Gasteiger partial charge in [-0.25, -0.2) is 19.7 Å². The molecule has 6 rings (SSSR count). The van der Waals surface area contributed by atoms with E-state index in [4.69, 9.17) is 14.5 Å². The first-order valence-electron chi connectivity index (χ1n) is 10.9. The van der Waals surface area contributed by atoms with Gasteiger partial charge in [0.05, 0.1) is 18.9 Å². The predicted octanol–water partition coefficient (Wildman–Crippen LogP) is 4.75. The van der Waals surface area contributed by atoms with E-state index in [0.717, 1.165) is 53.9 Å². The van der Waals surface area contributed by atoms with Crippen LogP contribution in [0, 0.1) is 0 Å². The number of hydrogen-bond donors (Lipinski definition) is 1. The Morgan fingerprint density at radius 1 is 1.06 bits per heavy atom. The molecule has 0 saturated heterocycles. The lowest BCUT2D eigenvalue weighted by Crippen LogP contribution is -2.31. The van der Waals surface area contributed by atoms with Crippen molar-refractivity contribution in [3.05, 3.63) is 71.7 Å². The van der Waals surface area contributed by atoms with Crippen LogP contribution in [0.1, 0.15) is 53.3 Å². The number of esters is 1. The molecule has 7 nitrogen and oxygen atoms in total. The minimum atomic E-state index is -0.489. The molecule has 0 bridgehead atoms. The molecule has 3 heterocycles. The molecule has 1 aliphatic heterocycles. The maximum Gasteiger partial charge on any atom is 0.339 e. The molecule has 32 heavy (non-hydrogen) atoms. The fourth-order valence-corrected chi connectivity index (χ4v) is 4.97. The van der Waals surface area contributed by atoms with E-state index < -0.39 is 5.60 Å². The molecule has 160 valence electrons. The highest BCUT2D eigenvalue weighted by atomic mass is 16.6. The van der Waals surface area contributed by atoms with Crippen molar-refractivity contribution in [1.29, 1.82) is 0 Å². The van der Waals surface area contributed by atoms with Crippen LogP contribution in [0.15, 0.2) is 54.7 Å². The van der Waals surface area contributed by atoms with Gasteiger partial charge in [-0.2, -0.15) is 0 Å². The molecule has 1 spiro atoms. The van der Waals surface area contributed by atoms with Crippen LogP contribution in [0.5, 0.6) is 5.75 Å². The van der Waals surface area contributed by atoms with E-state index in [0.29, 0.717) is 17.0 Å². The monoisotopic (exact) mass is 426 g/mol. The maximum atomic E-state index is 12.3. The average Bonchev–Trinajstić information content (AvgIpc) is 3.39. The number of benzene rings is 2. The summed E-state index contributed by atoms with van der Waals surface area (Å²) in [6.07, 6.45) is 5.15. The number of aromatic amines is 1. The second-order valence-electron chi connectivity index (χ2n) is 8.49. The number of aromatic nitrogens is 4. The first-order chi connectivity index (χ1) is 15.6. The molecule has 1 saturated carbocycles. The number of methoxy groups -OCH3 is 1. The molecule has 1 fully saturated rings. The lowest BCUT2D eigenvalue weighted by molar-refractivity contribution is -0.0312. The largest absolute Gasteiger partial charge is 0.497 e. The van der Waals surface area contributed by atoms with Crippen molar-refractivity contribution in [2.75, 3.05) is 7.11 Å². The summed E-state index contributed by atoms with van der Waals surface area (Å²) in [6.45, 7) is 0. The van der Waals surface area contributed by atoms with Gasteiger partial charge in [-0.1, -0.05) is 18.2 Å². The molecule has 2 aromatic carbocycles. The molecule has 0 amide bonds. The Morgan fingerprint density at radius 2 is 1.84 bits per heavy atom. The fraction of sp³-hybridized carbons (Fsp3) is 0.280. The van der Waals surface area contributed by atoms with E-state index in [1.807, 2.05) is 48.5 Å². The molecule has 0 atom stereocenters. The lowest BCUT2D eigenvalue weighted by Gasteiger charge is -2.35. The third-order valence-corrected chi connectivity index (χ3v) is 6.71. The number of nitrogens with one attached hydrogen (secondary N) is 1. The Labute approximate surface area is 184 Å². The zero-order valence-electron chi connectivity index (χ0n) is 17.7. The Kier molecular flexibility index (Phi) is 4.24. The second-order valence-corrected chi connectivity index (χ2v) is 8.49. The highest BCUT2D eigenvalue weighted by Gasteiger charge is 2.47. The van der Waals surface area contributed by atoms with Gasteiger partial charge in [-0.15, -0.1) is 0 Å². The van der Waals surface area contributed by atoms with Gasteiger partial charge in [0.25, 0.3) is 0 Å². The Morgan fingerprint density at radius 3 is 2.62 bits per heavy atom. The summed E-state index contributed by atoms with van der Waals surface area (Å²) < 4.78 is 11.1. The van der Waals surface area contributed by atoms with Crippen molar-refractivity contribution < 1.29 is 14.3 Å². The number of carbonyl (C=O) groups excluding carboxylic acids is 1. The quantitative estimate of drug-likeness (QED) is 0.476. The number of fused-ring (bicyclic) bond motifs is 3. The van der Waals surface area contributed by atoms with Crippen LogP contribution in [0.25, 0.3) is 22.6 Å². The van der Waals surface area contributed by atoms with E-state index in [-0.39, 0.29) is 11.9 Å². The smallest absolute Gasteiger partial charge is 0.339 e. The normalized spacial score (nSPS) is 22.2. The maximum absolute atomic E-state index is 12.3. The summed E-state index contributed by atoms with van der Waals surface area (Å²) in [4.78, 5) is 29.7. The van der Waals surface area contributed by atoms with Gasteiger partial charge in [-0.05, 0) is 56.0 Å². The molecule has 7 heteroatoms. The van der Waals surface area contributed by atoms with E-state index in [2.05, 4.69) is 15.0 Å². The van der Waals surface area contributed by atoms with Crippen LogP contribution in [-0.2, 0) is 10.3 Å². The van der Waals surface area contributed by atoms with Crippen molar-refractivity contribution in [2.45, 2.75) is 37.2 Å². The molecule has 1 aliphatic carbocycles. The minimum Gasteiger partial charge on any atom is -0.497 e. The second kappa shape index (κ2) is 7.15. The number of H-pyrrole nitrogens is 1. The molecular formula is C25H22N4O3. The molecule has 2 aromatic heterocycles. The third kappa shape index (κ3) is 2.96. The first kappa shape index (κ1) is 19.0. The number of hydrogen-bond acceptors (Lipinski definition) is 6. The lowest BCUT2D eigenvalue weighted by atomic mass is 9.75. The summed E-state index contributed by atoms with van der Waals surface area (Å²) >= 11 is 0. The van der Waals surface area contributed by atoms with Gasteiger partial charge in [-0.3, -0.25) is 0 Å². The highest BCUT2D eigenvalue weighted by Crippen LogP contribution is 2.49. The van der Waals surface area contributed by atoms with E-state index >= 15 is 0 Å². The molecule has 0 radical (unpaired) electrons. The van der Waals surface area contributed by atoms with Crippen molar-refractivity contribution >= 4 is 17.1 Å². The summed E-state index contributed by atoms with van der Waals surface area (Å²) in [5, 5.41) is 0. The molecule has 4 aromatic rings. The standard InChI is InChI=1S/C25H22N4O3/c1-31-17-8-6-15(7-9-17)21-26-14-20-23(28-21)29-22(27-20)16-10-12-25(13-11-16)19-5-3-2-4-18(19)24(30)32-25/h2-9,14,16H,10-13H2,1H3,(H,26,27,28,29)/t16-,25-. The number of ether oxygens (including phenoxy) is 2. The van der Waals surface area contributed by atoms with Crippen LogP contribution in [0.3, 0.4) is 0 Å². The Bertz CT molecular complexity index is 1320. The van der Waals surface area contributed by atoms with Crippen molar-refractivity contribution in [3.8, 4) is 17.1 Å². The zero-order chi connectivity index (χ0) is 21.7. The van der Waals surface area contributed by atoms with Gasteiger partial charge < -0.3 is 14.5 Å². The third-order valence-electron chi connectivity index (χ3n) is 6.71. The molecular weight excluding hydrogens is 404 g/mol. The minimum absolute atomic E-state index is 0.205. The number of imidazole rings is 1. The summed E-state index contributed by atoms with van der Waals surface area (Å²) in [5.74, 6) is 2.42. The zero-order valence-corrected chi connectivity index (χ0v) is 17.7. The van der Waals surface area contributed by atoms with Crippen LogP contribution >= 0.6 is 0 Å². The van der Waals surface area contributed by atoms with Crippen molar-refractivity contribution in [2.24, 2.45) is 0 Å². The van der Waals surface area contributed by atoms with Crippen LogP contribution in [-0.4, -0.2) is 33.0 Å². The molecule has 0 unspecified atom stereocenters. The topological polar surface area (TPSA) is 90.0 Å². The number of nitrogens with zero attached hydrogens (tertiary/aromatic N) is 3. The summed E-state index contributed by atoms with van der Waals surface area (Å²) in [6, 6.07) is 15.4. The highest BCUT2D eigenvalue weighted by molar-refractivity contribution is 5.94. The van der Waals surface area contributed by atoms with Gasteiger partial charge in [0.15, 0.2) is 11.5 Å². The first-order valence-corrected chi connectivity index (χ1v) is 10.9. The summed E-state index contributed by atoms with van der Waals surface area (Å²) in [5.41, 5.74) is 3.66. The van der Waals surface area contributed by atoms with Crippen LogP contribution < -0.4 is 4.74 Å². The Hall–Kier alpha value is -3.74. The molecule has 1 N–H and O–H groups in total. The van der Waals surface area contributed by atoms with Crippen LogP contribution in [0.2, 0.25) is 0 Å². The van der Waals surface area contributed by atoms with Crippen molar-refractivity contribution in [1.82, 2.24) is 19.9 Å². The average molecular weight is 426 g/mol. The number of carbonyl (C=O) groups is 1. The van der Waals surface area contributed by atoms with Gasteiger partial charge in [0, 0.05) is 17.0 Å². The van der Waals surface area contributed by atoms with Gasteiger partial charge in [0.2, 0.25) is 0 Å².